The van der Waals surface area contributed by atoms with Crippen molar-refractivity contribution in [2.24, 2.45) is 11.8 Å². The van der Waals surface area contributed by atoms with Crippen LogP contribution in [-0.4, -0.2) is 42.1 Å². The Morgan fingerprint density at radius 3 is 2.43 bits per heavy atom. The van der Waals surface area contributed by atoms with Gasteiger partial charge in [-0.25, -0.2) is 4.90 Å². The van der Waals surface area contributed by atoms with Crippen LogP contribution < -0.4 is 20.3 Å². The molecule has 2 saturated heterocycles. The molecule has 3 N–H and O–H groups in total. The van der Waals surface area contributed by atoms with Gasteiger partial charge in [0.25, 0.3) is 0 Å². The van der Waals surface area contributed by atoms with Crippen molar-refractivity contribution in [3.8, 4) is 5.75 Å². The zero-order valence-corrected chi connectivity index (χ0v) is 16.5. The normalized spacial score (nSPS) is 30.4. The van der Waals surface area contributed by atoms with Gasteiger partial charge in [-0.2, -0.15) is 0 Å². The average Bonchev–Trinajstić information content (AvgIpc) is 3.33. The van der Waals surface area contributed by atoms with Crippen molar-refractivity contribution in [3.05, 3.63) is 54.1 Å². The molecule has 5 atom stereocenters. The van der Waals surface area contributed by atoms with E-state index in [0.29, 0.717) is 22.7 Å². The smallest absolute Gasteiger partial charge is 0.250 e. The first-order valence-electron chi connectivity index (χ1n) is 9.78. The van der Waals surface area contributed by atoms with Crippen LogP contribution in [0.2, 0.25) is 0 Å². The summed E-state index contributed by atoms with van der Waals surface area (Å²) < 4.78 is 5.15. The fourth-order valence-electron chi connectivity index (χ4n) is 5.09. The molecular formula is C22H21N3O5. The number of nitrogens with one attached hydrogen (secondary N) is 2. The lowest BCUT2D eigenvalue weighted by molar-refractivity contribution is -0.130. The van der Waals surface area contributed by atoms with Gasteiger partial charge in [0.05, 0.1) is 30.7 Å². The number of anilines is 2. The van der Waals surface area contributed by atoms with Crippen LogP contribution in [0.1, 0.15) is 12.5 Å². The third-order valence-corrected chi connectivity index (χ3v) is 6.41. The topological polar surface area (TPSA) is 108 Å². The summed E-state index contributed by atoms with van der Waals surface area (Å²) in [5, 5.41) is 16.4. The molecule has 3 amide bonds. The molecule has 2 aromatic carbocycles. The van der Waals surface area contributed by atoms with Crippen molar-refractivity contribution in [1.29, 1.82) is 0 Å². The van der Waals surface area contributed by atoms with Gasteiger partial charge in [0.2, 0.25) is 17.7 Å². The summed E-state index contributed by atoms with van der Waals surface area (Å²) in [6.07, 6.45) is -0.940. The maximum Gasteiger partial charge on any atom is 0.250 e. The monoisotopic (exact) mass is 407 g/mol. The third-order valence-electron chi connectivity index (χ3n) is 6.41. The van der Waals surface area contributed by atoms with Crippen LogP contribution in [0.3, 0.4) is 0 Å². The fourth-order valence-corrected chi connectivity index (χ4v) is 5.09. The number of nitrogens with zero attached hydrogens (tertiary/aromatic N) is 1. The van der Waals surface area contributed by atoms with Crippen molar-refractivity contribution in [1.82, 2.24) is 5.32 Å². The first-order valence-corrected chi connectivity index (χ1v) is 9.78. The largest absolute Gasteiger partial charge is 0.497 e. The molecular weight excluding hydrogens is 386 g/mol. The van der Waals surface area contributed by atoms with Gasteiger partial charge < -0.3 is 15.2 Å². The number of imide groups is 1. The van der Waals surface area contributed by atoms with E-state index in [1.165, 1.54) is 7.11 Å². The van der Waals surface area contributed by atoms with E-state index in [1.54, 1.807) is 55.5 Å². The fraction of sp³-hybridized carbons (Fsp3) is 0.318. The molecule has 8 heteroatoms. The van der Waals surface area contributed by atoms with Crippen molar-refractivity contribution in [2.75, 3.05) is 17.3 Å². The molecule has 3 aliphatic heterocycles. The molecule has 8 nitrogen and oxygen atoms in total. The second kappa shape index (κ2) is 6.38. The quantitative estimate of drug-likeness (QED) is 0.656. The number of hydrogen-bond acceptors (Lipinski definition) is 6. The van der Waals surface area contributed by atoms with Gasteiger partial charge in [-0.05, 0) is 37.3 Å². The number of hydrogen-bond donors (Lipinski definition) is 3. The minimum absolute atomic E-state index is 0.389. The number of para-hydroxylation sites is 1. The van der Waals surface area contributed by atoms with Crippen LogP contribution in [0.4, 0.5) is 11.4 Å². The Hall–Kier alpha value is -3.23. The van der Waals surface area contributed by atoms with Crippen LogP contribution in [0, 0.1) is 11.8 Å². The van der Waals surface area contributed by atoms with Gasteiger partial charge in [0.15, 0.2) is 0 Å². The van der Waals surface area contributed by atoms with Crippen molar-refractivity contribution < 1.29 is 24.2 Å². The van der Waals surface area contributed by atoms with E-state index >= 15 is 0 Å². The first kappa shape index (κ1) is 18.8. The number of aliphatic hydroxyl groups is 1. The number of rotatable bonds is 3. The van der Waals surface area contributed by atoms with E-state index < -0.39 is 41.3 Å². The molecule has 2 fully saturated rings. The molecule has 0 bridgehead atoms. The van der Waals surface area contributed by atoms with Crippen LogP contribution in [-0.2, 0) is 19.9 Å². The molecule has 2 aromatic rings. The summed E-state index contributed by atoms with van der Waals surface area (Å²) in [5.41, 5.74) is 0.220. The van der Waals surface area contributed by atoms with Crippen LogP contribution in [0.15, 0.2) is 48.5 Å². The zero-order chi connectivity index (χ0) is 21.2. The highest BCUT2D eigenvalue weighted by atomic mass is 16.5. The number of aliphatic hydroxyl groups excluding tert-OH is 1. The van der Waals surface area contributed by atoms with Crippen LogP contribution in [0.25, 0.3) is 0 Å². The number of ether oxygens (including phenoxy) is 1. The minimum atomic E-state index is -1.41. The lowest BCUT2D eigenvalue weighted by Gasteiger charge is -2.30. The molecule has 3 heterocycles. The Balaban J connectivity index is 1.65. The molecule has 30 heavy (non-hydrogen) atoms. The molecule has 0 aliphatic carbocycles. The van der Waals surface area contributed by atoms with E-state index in [0.717, 1.165) is 4.90 Å². The van der Waals surface area contributed by atoms with E-state index in [1.807, 2.05) is 0 Å². The Bertz CT molecular complexity index is 1070. The number of carbonyl (C=O) groups is 3. The highest BCUT2D eigenvalue weighted by Crippen LogP contribution is 2.53. The Kier molecular flexibility index (Phi) is 4.00. The molecule has 3 aliphatic rings. The van der Waals surface area contributed by atoms with Crippen LogP contribution >= 0.6 is 0 Å². The number of amides is 3. The van der Waals surface area contributed by atoms with Gasteiger partial charge in [-0.15, -0.1) is 0 Å². The summed E-state index contributed by atoms with van der Waals surface area (Å²) in [5.74, 6) is -2.51. The highest BCUT2D eigenvalue weighted by molar-refractivity contribution is 6.25. The van der Waals surface area contributed by atoms with Crippen molar-refractivity contribution in [3.63, 3.8) is 0 Å². The lowest BCUT2D eigenvalue weighted by Crippen LogP contribution is -2.54. The average molecular weight is 407 g/mol. The summed E-state index contributed by atoms with van der Waals surface area (Å²) in [6, 6.07) is 13.0. The van der Waals surface area contributed by atoms with Gasteiger partial charge >= 0.3 is 0 Å². The Morgan fingerprint density at radius 1 is 1.07 bits per heavy atom. The predicted molar refractivity (Wildman–Crippen MR) is 108 cm³/mol. The molecule has 154 valence electrons. The number of benzene rings is 2. The SMILES string of the molecule is COc1ccc(N2C(=O)[C@H]3[C@@H]([C@H](C)O)N[C@]4(C(=O)Nc5ccccc54)[C@@H]3C2=O)cc1. The van der Waals surface area contributed by atoms with Crippen molar-refractivity contribution in [2.45, 2.75) is 24.6 Å². The van der Waals surface area contributed by atoms with E-state index in [2.05, 4.69) is 10.6 Å². The first-order chi connectivity index (χ1) is 14.4. The van der Waals surface area contributed by atoms with Crippen molar-refractivity contribution >= 4 is 29.1 Å². The van der Waals surface area contributed by atoms with Gasteiger partial charge in [0, 0.05) is 17.3 Å². The Labute approximate surface area is 172 Å². The van der Waals surface area contributed by atoms with E-state index in [-0.39, 0.29) is 5.91 Å². The molecule has 0 aromatic heterocycles. The second-order valence-electron chi connectivity index (χ2n) is 7.93. The van der Waals surface area contributed by atoms with Gasteiger partial charge in [-0.3, -0.25) is 19.7 Å². The van der Waals surface area contributed by atoms with Gasteiger partial charge in [0.1, 0.15) is 11.3 Å². The minimum Gasteiger partial charge on any atom is -0.497 e. The predicted octanol–water partition coefficient (Wildman–Crippen LogP) is 1.00. The molecule has 0 radical (unpaired) electrons. The molecule has 5 rings (SSSR count). The summed E-state index contributed by atoms with van der Waals surface area (Å²) >= 11 is 0. The maximum absolute atomic E-state index is 13.6. The van der Waals surface area contributed by atoms with E-state index in [9.17, 15) is 19.5 Å². The zero-order valence-electron chi connectivity index (χ0n) is 16.5. The molecule has 1 spiro atoms. The second-order valence-corrected chi connectivity index (χ2v) is 7.93. The van der Waals surface area contributed by atoms with E-state index in [4.69, 9.17) is 4.74 Å². The summed E-state index contributed by atoms with van der Waals surface area (Å²) in [4.78, 5) is 41.3. The highest BCUT2D eigenvalue weighted by Gasteiger charge is 2.71. The third kappa shape index (κ3) is 2.26. The lowest BCUT2D eigenvalue weighted by atomic mass is 9.76. The van der Waals surface area contributed by atoms with Gasteiger partial charge in [-0.1, -0.05) is 18.2 Å². The van der Waals surface area contributed by atoms with Crippen LogP contribution in [0.5, 0.6) is 5.75 Å². The number of carbonyl (C=O) groups excluding carboxylic acids is 3. The molecule has 0 saturated carbocycles. The maximum atomic E-state index is 13.6. The summed E-state index contributed by atoms with van der Waals surface area (Å²) in [7, 11) is 1.53. The Morgan fingerprint density at radius 2 is 1.77 bits per heavy atom. The summed E-state index contributed by atoms with van der Waals surface area (Å²) in [6.45, 7) is 1.56. The number of fused-ring (bicyclic) bond motifs is 4. The number of methoxy groups -OCH3 is 1. The molecule has 0 unspecified atom stereocenters. The standard InChI is InChI=1S/C22H21N3O5/c1-11(26)18-16-17(22(24-18)14-5-3-4-6-15(14)23-21(22)29)20(28)25(19(16)27)12-7-9-13(30-2)10-8-12/h3-11,16-18,24,26H,1-2H3,(H,23,29)/t11-,16+,17-,18+,22-/m0/s1.